The number of aromatic nitrogens is 3. The molecule has 0 amide bonds. The van der Waals surface area contributed by atoms with Crippen LogP contribution < -0.4 is 10.6 Å². The largest absolute Gasteiger partial charge is 0.357 e. The molecule has 146 valence electrons. The van der Waals surface area contributed by atoms with Crippen LogP contribution in [0.1, 0.15) is 43.4 Å². The minimum atomic E-state index is 0.699. The molecule has 0 aliphatic carbocycles. The van der Waals surface area contributed by atoms with E-state index < -0.39 is 0 Å². The summed E-state index contributed by atoms with van der Waals surface area (Å²) in [5, 5.41) is 16.2. The molecule has 2 aromatic rings. The molecular formula is C20H29ClN6. The molecule has 7 heteroatoms. The molecule has 1 aromatic heterocycles. The predicted octanol–water partition coefficient (Wildman–Crippen LogP) is 3.00. The van der Waals surface area contributed by atoms with E-state index in [-0.39, 0.29) is 0 Å². The van der Waals surface area contributed by atoms with Gasteiger partial charge in [-0.2, -0.15) is 0 Å². The van der Waals surface area contributed by atoms with Gasteiger partial charge in [-0.1, -0.05) is 30.2 Å². The predicted molar refractivity (Wildman–Crippen MR) is 110 cm³/mol. The van der Waals surface area contributed by atoms with Crippen LogP contribution in [0.3, 0.4) is 0 Å². The SMILES string of the molecule is CCNC(=NCCc1nnc2n1CCCCC2)NCCc1cccc(Cl)c1. The summed E-state index contributed by atoms with van der Waals surface area (Å²) >= 11 is 6.04. The van der Waals surface area contributed by atoms with E-state index in [9.17, 15) is 0 Å². The number of aliphatic imine (C=N–C) groups is 1. The molecule has 2 N–H and O–H groups in total. The van der Waals surface area contributed by atoms with Gasteiger partial charge in [-0.15, -0.1) is 10.2 Å². The molecule has 1 aliphatic rings. The number of hydrogen-bond donors (Lipinski definition) is 2. The van der Waals surface area contributed by atoms with Crippen molar-refractivity contribution in [1.82, 2.24) is 25.4 Å². The Bertz CT molecular complexity index is 755. The topological polar surface area (TPSA) is 67.1 Å². The van der Waals surface area contributed by atoms with Gasteiger partial charge in [0.1, 0.15) is 11.6 Å². The van der Waals surface area contributed by atoms with Gasteiger partial charge in [0.2, 0.25) is 0 Å². The molecule has 0 atom stereocenters. The number of fused-ring (bicyclic) bond motifs is 1. The van der Waals surface area contributed by atoms with E-state index in [4.69, 9.17) is 16.6 Å². The van der Waals surface area contributed by atoms with E-state index in [0.717, 1.165) is 61.5 Å². The van der Waals surface area contributed by atoms with Crippen LogP contribution >= 0.6 is 11.6 Å². The summed E-state index contributed by atoms with van der Waals surface area (Å²) < 4.78 is 2.29. The zero-order valence-corrected chi connectivity index (χ0v) is 16.8. The van der Waals surface area contributed by atoms with Crippen molar-refractivity contribution in [3.63, 3.8) is 0 Å². The Hall–Kier alpha value is -2.08. The molecule has 0 spiro atoms. The Labute approximate surface area is 166 Å². The molecule has 3 rings (SSSR count). The van der Waals surface area contributed by atoms with E-state index in [1.165, 1.54) is 24.8 Å². The zero-order chi connectivity index (χ0) is 18.9. The minimum absolute atomic E-state index is 0.699. The molecule has 0 radical (unpaired) electrons. The van der Waals surface area contributed by atoms with Gasteiger partial charge in [0.05, 0.1) is 0 Å². The van der Waals surface area contributed by atoms with Crippen LogP contribution in [0.2, 0.25) is 5.02 Å². The van der Waals surface area contributed by atoms with Gasteiger partial charge < -0.3 is 15.2 Å². The van der Waals surface area contributed by atoms with Crippen LogP contribution in [0.5, 0.6) is 0 Å². The Morgan fingerprint density at radius 2 is 2.11 bits per heavy atom. The quantitative estimate of drug-likeness (QED) is 0.565. The molecule has 6 nitrogen and oxygen atoms in total. The van der Waals surface area contributed by atoms with Crippen molar-refractivity contribution in [3.8, 4) is 0 Å². The highest BCUT2D eigenvalue weighted by atomic mass is 35.5. The van der Waals surface area contributed by atoms with Crippen LogP contribution in [-0.2, 0) is 25.8 Å². The second kappa shape index (κ2) is 10.3. The number of guanidine groups is 1. The standard InChI is InChI=1S/C20H29ClN6/c1-2-22-20(23-12-10-16-7-6-8-17(21)15-16)24-13-11-19-26-25-18-9-4-3-5-14-27(18)19/h6-8,15H,2-5,9-14H2,1H3,(H2,22,23,24). The Morgan fingerprint density at radius 3 is 2.96 bits per heavy atom. The lowest BCUT2D eigenvalue weighted by Gasteiger charge is -2.11. The maximum Gasteiger partial charge on any atom is 0.191 e. The molecule has 0 bridgehead atoms. The number of nitrogens with zero attached hydrogens (tertiary/aromatic N) is 4. The minimum Gasteiger partial charge on any atom is -0.357 e. The van der Waals surface area contributed by atoms with Gasteiger partial charge >= 0.3 is 0 Å². The van der Waals surface area contributed by atoms with Gasteiger partial charge in [-0.3, -0.25) is 4.99 Å². The number of halogens is 1. The lowest BCUT2D eigenvalue weighted by molar-refractivity contribution is 0.604. The highest BCUT2D eigenvalue weighted by molar-refractivity contribution is 6.30. The van der Waals surface area contributed by atoms with Gasteiger partial charge in [0, 0.05) is 44.0 Å². The Morgan fingerprint density at radius 1 is 1.19 bits per heavy atom. The van der Waals surface area contributed by atoms with Crippen molar-refractivity contribution in [3.05, 3.63) is 46.5 Å². The van der Waals surface area contributed by atoms with Crippen molar-refractivity contribution in [1.29, 1.82) is 0 Å². The zero-order valence-electron chi connectivity index (χ0n) is 16.0. The third kappa shape index (κ3) is 5.96. The molecule has 2 heterocycles. The normalized spacial score (nSPS) is 14.5. The Balaban J connectivity index is 1.51. The van der Waals surface area contributed by atoms with Crippen LogP contribution in [0.15, 0.2) is 29.3 Å². The van der Waals surface area contributed by atoms with Crippen molar-refractivity contribution < 1.29 is 0 Å². The highest BCUT2D eigenvalue weighted by Crippen LogP contribution is 2.14. The molecule has 0 saturated carbocycles. The smallest absolute Gasteiger partial charge is 0.191 e. The lowest BCUT2D eigenvalue weighted by Crippen LogP contribution is -2.38. The molecule has 1 aromatic carbocycles. The van der Waals surface area contributed by atoms with Crippen LogP contribution in [0.25, 0.3) is 0 Å². The van der Waals surface area contributed by atoms with Crippen LogP contribution in [-0.4, -0.2) is 40.4 Å². The monoisotopic (exact) mass is 388 g/mol. The summed E-state index contributed by atoms with van der Waals surface area (Å²) in [7, 11) is 0. The van der Waals surface area contributed by atoms with Crippen molar-refractivity contribution in [2.24, 2.45) is 4.99 Å². The van der Waals surface area contributed by atoms with E-state index >= 15 is 0 Å². The molecule has 27 heavy (non-hydrogen) atoms. The van der Waals surface area contributed by atoms with Crippen LogP contribution in [0.4, 0.5) is 0 Å². The van der Waals surface area contributed by atoms with E-state index in [1.807, 2.05) is 18.2 Å². The van der Waals surface area contributed by atoms with Gasteiger partial charge in [-0.05, 0) is 43.9 Å². The van der Waals surface area contributed by atoms with Gasteiger partial charge in [0.15, 0.2) is 5.96 Å². The summed E-state index contributed by atoms with van der Waals surface area (Å²) in [5.74, 6) is 3.04. The first-order chi connectivity index (χ1) is 13.3. The fraction of sp³-hybridized carbons (Fsp3) is 0.550. The summed E-state index contributed by atoms with van der Waals surface area (Å²) in [5.41, 5.74) is 1.22. The van der Waals surface area contributed by atoms with Crippen molar-refractivity contribution in [2.45, 2.75) is 52.0 Å². The van der Waals surface area contributed by atoms with Crippen LogP contribution in [0, 0.1) is 0 Å². The van der Waals surface area contributed by atoms with Crippen molar-refractivity contribution >= 4 is 17.6 Å². The summed E-state index contributed by atoms with van der Waals surface area (Å²) in [4.78, 5) is 4.70. The number of hydrogen-bond acceptors (Lipinski definition) is 3. The second-order valence-electron chi connectivity index (χ2n) is 6.81. The fourth-order valence-electron chi connectivity index (χ4n) is 3.36. The number of benzene rings is 1. The molecule has 0 fully saturated rings. The highest BCUT2D eigenvalue weighted by Gasteiger charge is 2.14. The maximum absolute atomic E-state index is 6.04. The maximum atomic E-state index is 6.04. The molecular weight excluding hydrogens is 360 g/mol. The number of aryl methyl sites for hydroxylation is 1. The van der Waals surface area contributed by atoms with Gasteiger partial charge in [0.25, 0.3) is 0 Å². The first-order valence-corrected chi connectivity index (χ1v) is 10.3. The Kier molecular flexibility index (Phi) is 7.51. The van der Waals surface area contributed by atoms with E-state index in [1.54, 1.807) is 0 Å². The lowest BCUT2D eigenvalue weighted by atomic mass is 10.1. The molecule has 0 saturated heterocycles. The third-order valence-corrected chi connectivity index (χ3v) is 4.97. The molecule has 1 aliphatic heterocycles. The average molecular weight is 389 g/mol. The van der Waals surface area contributed by atoms with E-state index in [2.05, 4.69) is 38.4 Å². The third-order valence-electron chi connectivity index (χ3n) is 4.73. The van der Waals surface area contributed by atoms with E-state index in [0.29, 0.717) is 6.54 Å². The van der Waals surface area contributed by atoms with Gasteiger partial charge in [-0.25, -0.2) is 0 Å². The fourth-order valence-corrected chi connectivity index (χ4v) is 3.57. The molecule has 0 unspecified atom stereocenters. The average Bonchev–Trinajstić information content (AvgIpc) is 2.88. The number of rotatable bonds is 7. The first kappa shape index (κ1) is 19.7. The summed E-state index contributed by atoms with van der Waals surface area (Å²) in [6, 6.07) is 7.98. The first-order valence-electron chi connectivity index (χ1n) is 9.94. The van der Waals surface area contributed by atoms with Crippen molar-refractivity contribution in [2.75, 3.05) is 19.6 Å². The number of nitrogens with one attached hydrogen (secondary N) is 2. The second-order valence-corrected chi connectivity index (χ2v) is 7.25. The summed E-state index contributed by atoms with van der Waals surface area (Å²) in [6.45, 7) is 5.46. The summed E-state index contributed by atoms with van der Waals surface area (Å²) in [6.07, 6.45) is 6.49.